The molecule has 0 bridgehead atoms. The quantitative estimate of drug-likeness (QED) is 0.875. The van der Waals surface area contributed by atoms with E-state index in [9.17, 15) is 18.0 Å². The lowest BCUT2D eigenvalue weighted by molar-refractivity contribution is -0.138. The van der Waals surface area contributed by atoms with Crippen molar-refractivity contribution in [2.75, 3.05) is 0 Å². The van der Waals surface area contributed by atoms with E-state index in [1.165, 1.54) is 0 Å². The third kappa shape index (κ3) is 2.11. The Bertz CT molecular complexity index is 496. The van der Waals surface area contributed by atoms with E-state index >= 15 is 0 Å². The molecule has 0 unspecified atom stereocenters. The Labute approximate surface area is 101 Å². The van der Waals surface area contributed by atoms with Gasteiger partial charge in [0, 0.05) is 5.02 Å². The molecule has 2 nitrogen and oxygen atoms in total. The van der Waals surface area contributed by atoms with Gasteiger partial charge in [-0.25, -0.2) is 0 Å². The van der Waals surface area contributed by atoms with Crippen LogP contribution in [0.3, 0.4) is 0 Å². The van der Waals surface area contributed by atoms with Gasteiger partial charge in [0.15, 0.2) is 0 Å². The van der Waals surface area contributed by atoms with Crippen LogP contribution >= 0.6 is 11.6 Å². The van der Waals surface area contributed by atoms with Crippen molar-refractivity contribution in [1.29, 1.82) is 0 Å². The van der Waals surface area contributed by atoms with Gasteiger partial charge in [-0.2, -0.15) is 13.2 Å². The molecule has 92 valence electrons. The average molecular weight is 264 g/mol. The number of primary amides is 1. The molecule has 1 aromatic carbocycles. The Hall–Kier alpha value is -1.23. The Morgan fingerprint density at radius 2 is 1.94 bits per heavy atom. The van der Waals surface area contributed by atoms with E-state index in [2.05, 4.69) is 0 Å². The van der Waals surface area contributed by atoms with Crippen LogP contribution in [0.2, 0.25) is 5.02 Å². The first-order valence-electron chi connectivity index (χ1n) is 4.99. The Morgan fingerprint density at radius 3 is 2.35 bits per heavy atom. The third-order valence-corrected chi connectivity index (χ3v) is 3.23. The van der Waals surface area contributed by atoms with Crippen molar-refractivity contribution in [1.82, 2.24) is 0 Å². The lowest BCUT2D eigenvalue weighted by Gasteiger charge is -2.27. The minimum absolute atomic E-state index is 0.0328. The lowest BCUT2D eigenvalue weighted by Crippen LogP contribution is -2.23. The molecule has 1 aliphatic rings. The molecular weight excluding hydrogens is 255 g/mol. The minimum Gasteiger partial charge on any atom is -0.369 e. The second kappa shape index (κ2) is 3.91. The van der Waals surface area contributed by atoms with Crippen molar-refractivity contribution in [2.45, 2.75) is 25.4 Å². The number of halogens is 4. The molecule has 0 saturated carbocycles. The van der Waals surface area contributed by atoms with Gasteiger partial charge in [-0.3, -0.25) is 4.79 Å². The van der Waals surface area contributed by atoms with Crippen LogP contribution in [-0.2, 0) is 30.2 Å². The summed E-state index contributed by atoms with van der Waals surface area (Å²) >= 11 is 5.78. The SMILES string of the molecule is NC(=O)Cc1c(Cl)cc(C(F)(F)F)c2c1CC2. The fourth-order valence-corrected chi connectivity index (χ4v) is 2.36. The molecule has 2 N–H and O–H groups in total. The predicted octanol–water partition coefficient (Wildman–Crippen LogP) is 2.49. The number of alkyl halides is 3. The number of amides is 1. The first-order valence-corrected chi connectivity index (χ1v) is 5.37. The molecule has 0 spiro atoms. The van der Waals surface area contributed by atoms with Gasteiger partial charge in [-0.05, 0) is 35.6 Å². The van der Waals surface area contributed by atoms with Crippen LogP contribution in [0, 0.1) is 0 Å². The van der Waals surface area contributed by atoms with Gasteiger partial charge in [-0.1, -0.05) is 11.6 Å². The van der Waals surface area contributed by atoms with E-state index in [4.69, 9.17) is 17.3 Å². The molecule has 0 atom stereocenters. The van der Waals surface area contributed by atoms with Crippen molar-refractivity contribution in [2.24, 2.45) is 5.73 Å². The monoisotopic (exact) mass is 263 g/mol. The predicted molar refractivity (Wildman–Crippen MR) is 56.8 cm³/mol. The summed E-state index contributed by atoms with van der Waals surface area (Å²) in [4.78, 5) is 10.8. The number of hydrogen-bond donors (Lipinski definition) is 1. The number of benzene rings is 1. The van der Waals surface area contributed by atoms with E-state index in [-0.39, 0.29) is 17.0 Å². The van der Waals surface area contributed by atoms with Crippen molar-refractivity contribution in [3.05, 3.63) is 33.3 Å². The van der Waals surface area contributed by atoms with Crippen molar-refractivity contribution in [3.8, 4) is 0 Å². The van der Waals surface area contributed by atoms with E-state index in [0.717, 1.165) is 6.07 Å². The summed E-state index contributed by atoms with van der Waals surface area (Å²) in [5.74, 6) is -0.597. The van der Waals surface area contributed by atoms with E-state index in [1.54, 1.807) is 0 Å². The maximum atomic E-state index is 12.7. The van der Waals surface area contributed by atoms with Crippen LogP contribution in [0.1, 0.15) is 22.3 Å². The second-order valence-electron chi connectivity index (χ2n) is 3.98. The molecule has 0 fully saturated rings. The Kier molecular flexibility index (Phi) is 2.81. The minimum atomic E-state index is -4.40. The molecule has 0 aromatic heterocycles. The lowest BCUT2D eigenvalue weighted by atomic mass is 9.80. The van der Waals surface area contributed by atoms with Crippen LogP contribution in [0.4, 0.5) is 13.2 Å². The first-order chi connectivity index (χ1) is 7.80. The normalized spacial score (nSPS) is 14.1. The highest BCUT2D eigenvalue weighted by Gasteiger charge is 2.38. The van der Waals surface area contributed by atoms with Gasteiger partial charge < -0.3 is 5.73 Å². The molecule has 0 heterocycles. The number of fused-ring (bicyclic) bond motifs is 1. The van der Waals surface area contributed by atoms with Gasteiger partial charge in [0.2, 0.25) is 5.91 Å². The van der Waals surface area contributed by atoms with Gasteiger partial charge in [0.25, 0.3) is 0 Å². The highest BCUT2D eigenvalue weighted by molar-refractivity contribution is 6.31. The standard InChI is InChI=1S/C11H9ClF3NO/c12-9-4-8(11(13,14)15)6-2-1-5(6)7(9)3-10(16)17/h4H,1-3H2,(H2,16,17). The molecule has 0 saturated heterocycles. The molecule has 1 amide bonds. The maximum Gasteiger partial charge on any atom is 0.416 e. The second-order valence-corrected chi connectivity index (χ2v) is 4.39. The van der Waals surface area contributed by atoms with Crippen LogP contribution in [0.15, 0.2) is 6.07 Å². The Morgan fingerprint density at radius 1 is 1.35 bits per heavy atom. The summed E-state index contributed by atoms with van der Waals surface area (Å²) in [7, 11) is 0. The summed E-state index contributed by atoms with van der Waals surface area (Å²) in [6, 6.07) is 0.887. The van der Waals surface area contributed by atoms with Crippen molar-refractivity contribution in [3.63, 3.8) is 0 Å². The zero-order chi connectivity index (χ0) is 12.8. The summed E-state index contributed by atoms with van der Waals surface area (Å²) in [6.07, 6.45) is -3.63. The fraction of sp³-hybridized carbons (Fsp3) is 0.364. The van der Waals surface area contributed by atoms with E-state index in [1.807, 2.05) is 0 Å². The topological polar surface area (TPSA) is 43.1 Å². The Balaban J connectivity index is 2.54. The smallest absolute Gasteiger partial charge is 0.369 e. The van der Waals surface area contributed by atoms with Crippen LogP contribution in [0.25, 0.3) is 0 Å². The molecule has 1 aliphatic carbocycles. The van der Waals surface area contributed by atoms with Crippen molar-refractivity contribution >= 4 is 17.5 Å². The zero-order valence-corrected chi connectivity index (χ0v) is 9.45. The maximum absolute atomic E-state index is 12.7. The molecule has 2 rings (SSSR count). The highest BCUT2D eigenvalue weighted by atomic mass is 35.5. The summed E-state index contributed by atoms with van der Waals surface area (Å²) in [6.45, 7) is 0. The van der Waals surface area contributed by atoms with Crippen LogP contribution in [-0.4, -0.2) is 5.91 Å². The number of nitrogens with two attached hydrogens (primary N) is 1. The van der Waals surface area contributed by atoms with E-state index in [0.29, 0.717) is 24.0 Å². The number of carbonyl (C=O) groups is 1. The first kappa shape index (κ1) is 12.2. The van der Waals surface area contributed by atoms with Gasteiger partial charge in [-0.15, -0.1) is 0 Å². The zero-order valence-electron chi connectivity index (χ0n) is 8.70. The average Bonchev–Trinajstić information content (AvgIpc) is 2.09. The van der Waals surface area contributed by atoms with Crippen LogP contribution in [0.5, 0.6) is 0 Å². The summed E-state index contributed by atoms with van der Waals surface area (Å²) in [5, 5.41) is -0.0328. The van der Waals surface area contributed by atoms with Crippen molar-refractivity contribution < 1.29 is 18.0 Å². The molecular formula is C11H9ClF3NO. The largest absolute Gasteiger partial charge is 0.416 e. The van der Waals surface area contributed by atoms with Gasteiger partial charge in [0.05, 0.1) is 12.0 Å². The molecule has 0 radical (unpaired) electrons. The molecule has 17 heavy (non-hydrogen) atoms. The van der Waals surface area contributed by atoms with Crippen LogP contribution < -0.4 is 5.73 Å². The number of carbonyl (C=O) groups excluding carboxylic acids is 1. The third-order valence-electron chi connectivity index (χ3n) is 2.89. The van der Waals surface area contributed by atoms with Gasteiger partial charge in [0.1, 0.15) is 0 Å². The molecule has 6 heteroatoms. The number of hydrogen-bond acceptors (Lipinski definition) is 1. The van der Waals surface area contributed by atoms with Gasteiger partial charge >= 0.3 is 6.18 Å². The summed E-state index contributed by atoms with van der Waals surface area (Å²) < 4.78 is 38.1. The van der Waals surface area contributed by atoms with E-state index < -0.39 is 17.6 Å². The summed E-state index contributed by atoms with van der Waals surface area (Å²) in [5.41, 5.74) is 5.56. The number of rotatable bonds is 2. The molecule has 1 aromatic rings. The molecule has 0 aliphatic heterocycles. The fourth-order valence-electron chi connectivity index (χ4n) is 2.07. The highest BCUT2D eigenvalue weighted by Crippen LogP contribution is 2.42.